The maximum atomic E-state index is 13.2. The first-order valence-corrected chi connectivity index (χ1v) is 7.32. The van der Waals surface area contributed by atoms with Crippen LogP contribution in [0.3, 0.4) is 0 Å². The van der Waals surface area contributed by atoms with Gasteiger partial charge in [-0.3, -0.25) is 0 Å². The van der Waals surface area contributed by atoms with Crippen molar-refractivity contribution in [3.63, 3.8) is 0 Å². The third-order valence-electron chi connectivity index (χ3n) is 4.12. The summed E-state index contributed by atoms with van der Waals surface area (Å²) in [5.41, 5.74) is 5.31. The smallest absolute Gasteiger partial charge is 0.123 e. The van der Waals surface area contributed by atoms with Crippen LogP contribution in [-0.2, 0) is 19.4 Å². The molecule has 0 bridgehead atoms. The van der Waals surface area contributed by atoms with Gasteiger partial charge in [-0.2, -0.15) is 0 Å². The molecule has 104 valence electrons. The molecule has 0 aliphatic heterocycles. The molecule has 0 aromatic heterocycles. The Balaban J connectivity index is 1.64. The highest BCUT2D eigenvalue weighted by Gasteiger charge is 2.11. The molecule has 1 nitrogen and oxygen atoms in total. The lowest BCUT2D eigenvalue weighted by atomic mass is 10.1. The number of nitrogens with one attached hydrogen (secondary N) is 1. The number of hydrogen-bond donors (Lipinski definition) is 1. The van der Waals surface area contributed by atoms with Crippen molar-refractivity contribution in [2.75, 3.05) is 0 Å². The highest BCUT2D eigenvalue weighted by atomic mass is 19.1. The molecular formula is C18H20FN. The van der Waals surface area contributed by atoms with E-state index in [1.54, 1.807) is 12.1 Å². The van der Waals surface area contributed by atoms with Crippen LogP contribution >= 0.6 is 0 Å². The van der Waals surface area contributed by atoms with Crippen molar-refractivity contribution < 1.29 is 4.39 Å². The average molecular weight is 269 g/mol. The van der Waals surface area contributed by atoms with Gasteiger partial charge in [0.15, 0.2) is 0 Å². The molecule has 1 unspecified atom stereocenters. The number of aryl methyl sites for hydroxylation is 2. The quantitative estimate of drug-likeness (QED) is 0.878. The Morgan fingerprint density at radius 2 is 1.95 bits per heavy atom. The van der Waals surface area contributed by atoms with Crippen LogP contribution in [0.15, 0.2) is 42.5 Å². The lowest BCUT2D eigenvalue weighted by molar-refractivity contribution is 0.565. The lowest BCUT2D eigenvalue weighted by Gasteiger charge is -2.15. The van der Waals surface area contributed by atoms with Gasteiger partial charge >= 0.3 is 0 Å². The van der Waals surface area contributed by atoms with Crippen LogP contribution in [0.25, 0.3) is 0 Å². The molecule has 0 radical (unpaired) electrons. The van der Waals surface area contributed by atoms with E-state index in [2.05, 4.69) is 30.4 Å². The van der Waals surface area contributed by atoms with Crippen molar-refractivity contribution in [2.45, 2.75) is 38.8 Å². The molecule has 0 amide bonds. The molecule has 3 rings (SSSR count). The SMILES string of the molecule is CC(NCc1ccc2c(c1)CCC2)c1cccc(F)c1. The summed E-state index contributed by atoms with van der Waals surface area (Å²) in [5, 5.41) is 3.47. The number of rotatable bonds is 4. The molecule has 1 aliphatic carbocycles. The molecule has 0 fully saturated rings. The Morgan fingerprint density at radius 3 is 2.80 bits per heavy atom. The van der Waals surface area contributed by atoms with Gasteiger partial charge in [0.25, 0.3) is 0 Å². The summed E-state index contributed by atoms with van der Waals surface area (Å²) in [6.45, 7) is 2.90. The van der Waals surface area contributed by atoms with Gasteiger partial charge in [-0.15, -0.1) is 0 Å². The summed E-state index contributed by atoms with van der Waals surface area (Å²) >= 11 is 0. The second-order valence-electron chi connectivity index (χ2n) is 5.61. The lowest BCUT2D eigenvalue weighted by Crippen LogP contribution is -2.18. The highest BCUT2D eigenvalue weighted by Crippen LogP contribution is 2.23. The zero-order chi connectivity index (χ0) is 13.9. The zero-order valence-electron chi connectivity index (χ0n) is 11.8. The van der Waals surface area contributed by atoms with Gasteiger partial charge in [0.1, 0.15) is 5.82 Å². The summed E-state index contributed by atoms with van der Waals surface area (Å²) in [7, 11) is 0. The highest BCUT2D eigenvalue weighted by molar-refractivity contribution is 5.35. The Morgan fingerprint density at radius 1 is 1.10 bits per heavy atom. The van der Waals surface area contributed by atoms with E-state index in [1.807, 2.05) is 6.07 Å². The Bertz CT molecular complexity index is 606. The maximum absolute atomic E-state index is 13.2. The van der Waals surface area contributed by atoms with Crippen molar-refractivity contribution in [1.29, 1.82) is 0 Å². The minimum atomic E-state index is -0.173. The molecule has 2 heteroatoms. The normalized spacial score (nSPS) is 15.1. The van der Waals surface area contributed by atoms with Crippen LogP contribution in [0.4, 0.5) is 4.39 Å². The molecule has 2 aromatic carbocycles. The van der Waals surface area contributed by atoms with Crippen molar-refractivity contribution >= 4 is 0 Å². The zero-order valence-corrected chi connectivity index (χ0v) is 11.8. The van der Waals surface area contributed by atoms with E-state index in [-0.39, 0.29) is 11.9 Å². The van der Waals surface area contributed by atoms with Gasteiger partial charge in [-0.05, 0) is 60.6 Å². The molecule has 0 heterocycles. The standard InChI is InChI=1S/C18H20FN/c1-13(16-5-3-7-18(19)11-16)20-12-14-8-9-15-4-2-6-17(15)10-14/h3,5,7-11,13,20H,2,4,6,12H2,1H3. The molecule has 1 atom stereocenters. The minimum absolute atomic E-state index is 0.152. The second kappa shape index (κ2) is 5.76. The molecular weight excluding hydrogens is 249 g/mol. The Labute approximate surface area is 119 Å². The number of benzene rings is 2. The van der Waals surface area contributed by atoms with Crippen LogP contribution in [-0.4, -0.2) is 0 Å². The molecule has 0 spiro atoms. The van der Waals surface area contributed by atoms with Crippen LogP contribution in [0.2, 0.25) is 0 Å². The summed E-state index contributed by atoms with van der Waals surface area (Å²) in [6, 6.07) is 13.7. The van der Waals surface area contributed by atoms with E-state index in [1.165, 1.54) is 42.0 Å². The minimum Gasteiger partial charge on any atom is -0.306 e. The van der Waals surface area contributed by atoms with Crippen molar-refractivity contribution in [3.05, 3.63) is 70.5 Å². The molecule has 1 N–H and O–H groups in total. The predicted molar refractivity (Wildman–Crippen MR) is 80.1 cm³/mol. The van der Waals surface area contributed by atoms with Crippen LogP contribution in [0, 0.1) is 5.82 Å². The first kappa shape index (κ1) is 13.3. The third kappa shape index (κ3) is 2.91. The molecule has 1 aliphatic rings. The fraction of sp³-hybridized carbons (Fsp3) is 0.333. The van der Waals surface area contributed by atoms with E-state index >= 15 is 0 Å². The number of fused-ring (bicyclic) bond motifs is 1. The summed E-state index contributed by atoms with van der Waals surface area (Å²) < 4.78 is 13.2. The summed E-state index contributed by atoms with van der Waals surface area (Å²) in [5.74, 6) is -0.173. The van der Waals surface area contributed by atoms with Crippen LogP contribution in [0.1, 0.15) is 41.6 Å². The fourth-order valence-corrected chi connectivity index (χ4v) is 2.90. The van der Waals surface area contributed by atoms with Gasteiger partial charge in [0.05, 0.1) is 0 Å². The van der Waals surface area contributed by atoms with Gasteiger partial charge < -0.3 is 5.32 Å². The third-order valence-corrected chi connectivity index (χ3v) is 4.12. The van der Waals surface area contributed by atoms with Gasteiger partial charge in [-0.25, -0.2) is 4.39 Å². The largest absolute Gasteiger partial charge is 0.306 e. The fourth-order valence-electron chi connectivity index (χ4n) is 2.90. The average Bonchev–Trinajstić information content (AvgIpc) is 2.92. The summed E-state index contributed by atoms with van der Waals surface area (Å²) in [4.78, 5) is 0. The Kier molecular flexibility index (Phi) is 3.83. The number of hydrogen-bond acceptors (Lipinski definition) is 1. The van der Waals surface area contributed by atoms with Crippen molar-refractivity contribution in [3.8, 4) is 0 Å². The summed E-state index contributed by atoms with van der Waals surface area (Å²) in [6.07, 6.45) is 3.72. The van der Waals surface area contributed by atoms with E-state index < -0.39 is 0 Å². The van der Waals surface area contributed by atoms with Gasteiger partial charge in [-0.1, -0.05) is 30.3 Å². The maximum Gasteiger partial charge on any atom is 0.123 e. The van der Waals surface area contributed by atoms with Crippen molar-refractivity contribution in [1.82, 2.24) is 5.32 Å². The van der Waals surface area contributed by atoms with Crippen LogP contribution in [0.5, 0.6) is 0 Å². The second-order valence-corrected chi connectivity index (χ2v) is 5.61. The number of halogens is 1. The van der Waals surface area contributed by atoms with Gasteiger partial charge in [0.2, 0.25) is 0 Å². The first-order valence-electron chi connectivity index (χ1n) is 7.32. The molecule has 2 aromatic rings. The predicted octanol–water partition coefficient (Wildman–Crippen LogP) is 4.17. The van der Waals surface area contributed by atoms with E-state index in [0.717, 1.165) is 12.1 Å². The molecule has 0 saturated heterocycles. The van der Waals surface area contributed by atoms with Crippen molar-refractivity contribution in [2.24, 2.45) is 0 Å². The van der Waals surface area contributed by atoms with Gasteiger partial charge in [0, 0.05) is 12.6 Å². The first-order chi connectivity index (χ1) is 9.72. The van der Waals surface area contributed by atoms with E-state index in [0.29, 0.717) is 0 Å². The molecule has 20 heavy (non-hydrogen) atoms. The molecule has 0 saturated carbocycles. The van der Waals surface area contributed by atoms with Crippen LogP contribution < -0.4 is 5.32 Å². The van der Waals surface area contributed by atoms with E-state index in [9.17, 15) is 4.39 Å². The Hall–Kier alpha value is -1.67. The topological polar surface area (TPSA) is 12.0 Å². The monoisotopic (exact) mass is 269 g/mol. The van der Waals surface area contributed by atoms with E-state index in [4.69, 9.17) is 0 Å².